The molecule has 100 valence electrons. The largest absolute Gasteiger partial charge is 0.465 e. The van der Waals surface area contributed by atoms with E-state index in [1.54, 1.807) is 19.1 Å². The standard InChI is InChI=1S/C14H16N2O3/c1-9-12(14(18)19-3)7-11(8-13(9)15)5-4-6-16-10(2)17/h7-8H,6,15H2,1-3H3,(H,16,17). The van der Waals surface area contributed by atoms with Crippen molar-refractivity contribution in [2.24, 2.45) is 0 Å². The average Bonchev–Trinajstić information content (AvgIpc) is 2.37. The maximum atomic E-state index is 11.6. The molecule has 0 saturated carbocycles. The summed E-state index contributed by atoms with van der Waals surface area (Å²) in [6.45, 7) is 3.41. The number of carbonyl (C=O) groups is 2. The number of esters is 1. The quantitative estimate of drug-likeness (QED) is 0.469. The number of amides is 1. The van der Waals surface area contributed by atoms with E-state index < -0.39 is 5.97 Å². The van der Waals surface area contributed by atoms with E-state index in [4.69, 9.17) is 5.73 Å². The van der Waals surface area contributed by atoms with Crippen LogP contribution in [0, 0.1) is 18.8 Å². The monoisotopic (exact) mass is 260 g/mol. The number of nitrogen functional groups attached to an aromatic ring is 1. The van der Waals surface area contributed by atoms with Crippen LogP contribution in [-0.2, 0) is 9.53 Å². The van der Waals surface area contributed by atoms with Crippen molar-refractivity contribution in [1.29, 1.82) is 0 Å². The van der Waals surface area contributed by atoms with Gasteiger partial charge in [-0.2, -0.15) is 0 Å². The van der Waals surface area contributed by atoms with Gasteiger partial charge in [0.1, 0.15) is 0 Å². The third-order valence-corrected chi connectivity index (χ3v) is 2.51. The molecule has 5 nitrogen and oxygen atoms in total. The number of nitrogens with two attached hydrogens (primary N) is 1. The van der Waals surface area contributed by atoms with Crippen LogP contribution < -0.4 is 11.1 Å². The minimum absolute atomic E-state index is 0.145. The summed E-state index contributed by atoms with van der Waals surface area (Å²) in [7, 11) is 1.31. The highest BCUT2D eigenvalue weighted by Crippen LogP contribution is 2.19. The van der Waals surface area contributed by atoms with Crippen molar-refractivity contribution in [3.63, 3.8) is 0 Å². The topological polar surface area (TPSA) is 81.4 Å². The summed E-state index contributed by atoms with van der Waals surface area (Å²) in [4.78, 5) is 22.3. The number of methoxy groups -OCH3 is 1. The molecule has 1 amide bonds. The van der Waals surface area contributed by atoms with E-state index in [2.05, 4.69) is 21.9 Å². The lowest BCUT2D eigenvalue weighted by molar-refractivity contribution is -0.118. The molecule has 0 unspecified atom stereocenters. The summed E-state index contributed by atoms with van der Waals surface area (Å²) < 4.78 is 4.68. The highest BCUT2D eigenvalue weighted by Gasteiger charge is 2.12. The van der Waals surface area contributed by atoms with E-state index >= 15 is 0 Å². The fraction of sp³-hybridized carbons (Fsp3) is 0.286. The Hall–Kier alpha value is -2.48. The van der Waals surface area contributed by atoms with Crippen molar-refractivity contribution < 1.29 is 14.3 Å². The van der Waals surface area contributed by atoms with Gasteiger partial charge in [0, 0.05) is 18.2 Å². The van der Waals surface area contributed by atoms with Gasteiger partial charge in [0.15, 0.2) is 0 Å². The van der Waals surface area contributed by atoms with E-state index in [-0.39, 0.29) is 12.5 Å². The van der Waals surface area contributed by atoms with Crippen LogP contribution in [0.2, 0.25) is 0 Å². The first-order valence-electron chi connectivity index (χ1n) is 5.67. The molecule has 0 aliphatic rings. The van der Waals surface area contributed by atoms with Crippen LogP contribution in [0.25, 0.3) is 0 Å². The number of benzene rings is 1. The predicted octanol–water partition coefficient (Wildman–Crippen LogP) is 0.851. The van der Waals surface area contributed by atoms with Gasteiger partial charge in [-0.05, 0) is 24.6 Å². The summed E-state index contributed by atoms with van der Waals surface area (Å²) in [5.41, 5.74) is 7.97. The molecule has 3 N–H and O–H groups in total. The van der Waals surface area contributed by atoms with Crippen LogP contribution in [0.1, 0.15) is 28.4 Å². The predicted molar refractivity (Wildman–Crippen MR) is 72.5 cm³/mol. The van der Waals surface area contributed by atoms with E-state index in [0.29, 0.717) is 22.4 Å². The van der Waals surface area contributed by atoms with Crippen LogP contribution in [0.5, 0.6) is 0 Å². The normalized spacial score (nSPS) is 9.21. The van der Waals surface area contributed by atoms with E-state index in [0.717, 1.165) is 0 Å². The number of carbonyl (C=O) groups excluding carboxylic acids is 2. The van der Waals surface area contributed by atoms with Crippen molar-refractivity contribution in [2.45, 2.75) is 13.8 Å². The zero-order valence-corrected chi connectivity index (χ0v) is 11.2. The summed E-state index contributed by atoms with van der Waals surface area (Å²) in [5.74, 6) is 5.01. The zero-order valence-electron chi connectivity index (χ0n) is 11.2. The van der Waals surface area contributed by atoms with Gasteiger partial charge in [-0.15, -0.1) is 0 Å². The Balaban J connectivity index is 3.00. The molecule has 5 heteroatoms. The molecular weight excluding hydrogens is 244 g/mol. The minimum Gasteiger partial charge on any atom is -0.465 e. The van der Waals surface area contributed by atoms with Crippen LogP contribution in [0.4, 0.5) is 5.69 Å². The fourth-order valence-corrected chi connectivity index (χ4v) is 1.45. The van der Waals surface area contributed by atoms with Gasteiger partial charge in [0.05, 0.1) is 19.2 Å². The Morgan fingerprint density at radius 2 is 2.11 bits per heavy atom. The number of nitrogens with one attached hydrogen (secondary N) is 1. The molecule has 0 radical (unpaired) electrons. The Bertz CT molecular complexity index is 568. The Kier molecular flexibility index (Phi) is 4.95. The second-order valence-corrected chi connectivity index (χ2v) is 3.94. The summed E-state index contributed by atoms with van der Waals surface area (Å²) in [5, 5.41) is 2.55. The third-order valence-electron chi connectivity index (χ3n) is 2.51. The van der Waals surface area contributed by atoms with Crippen LogP contribution >= 0.6 is 0 Å². The van der Waals surface area contributed by atoms with Gasteiger partial charge in [0.2, 0.25) is 5.91 Å². The molecule has 19 heavy (non-hydrogen) atoms. The van der Waals surface area contributed by atoms with Gasteiger partial charge in [-0.1, -0.05) is 11.8 Å². The third kappa shape index (κ3) is 4.03. The summed E-state index contributed by atoms with van der Waals surface area (Å²) in [6.07, 6.45) is 0. The SMILES string of the molecule is COC(=O)c1cc(C#CCNC(C)=O)cc(N)c1C. The van der Waals surface area contributed by atoms with Gasteiger partial charge >= 0.3 is 5.97 Å². The summed E-state index contributed by atoms with van der Waals surface area (Å²) in [6, 6.07) is 3.31. The van der Waals surface area contributed by atoms with Gasteiger partial charge in [-0.25, -0.2) is 4.79 Å². The van der Waals surface area contributed by atoms with Gasteiger partial charge in [0.25, 0.3) is 0 Å². The smallest absolute Gasteiger partial charge is 0.338 e. The molecule has 0 bridgehead atoms. The molecule has 1 rings (SSSR count). The Labute approximate surface area is 112 Å². The molecule has 1 aromatic rings. The molecule has 0 spiro atoms. The zero-order chi connectivity index (χ0) is 14.4. The molecule has 0 heterocycles. The molecule has 1 aromatic carbocycles. The fourth-order valence-electron chi connectivity index (χ4n) is 1.45. The molecule has 0 saturated heterocycles. The number of rotatable bonds is 2. The number of ether oxygens (including phenoxy) is 1. The molecular formula is C14H16N2O3. The molecule has 0 aliphatic carbocycles. The summed E-state index contributed by atoms with van der Waals surface area (Å²) >= 11 is 0. The van der Waals surface area contributed by atoms with Crippen LogP contribution in [0.3, 0.4) is 0 Å². The first-order valence-corrected chi connectivity index (χ1v) is 5.67. The molecule has 0 fully saturated rings. The lowest BCUT2D eigenvalue weighted by Crippen LogP contribution is -2.19. The van der Waals surface area contributed by atoms with Crippen molar-refractivity contribution in [3.05, 3.63) is 28.8 Å². The van der Waals surface area contributed by atoms with Crippen LogP contribution in [-0.4, -0.2) is 25.5 Å². The Morgan fingerprint density at radius 3 is 2.68 bits per heavy atom. The highest BCUT2D eigenvalue weighted by molar-refractivity contribution is 5.93. The molecule has 0 aromatic heterocycles. The lowest BCUT2D eigenvalue weighted by atomic mass is 10.0. The number of anilines is 1. The first kappa shape index (κ1) is 14.6. The van der Waals surface area contributed by atoms with Crippen molar-refractivity contribution in [3.8, 4) is 11.8 Å². The van der Waals surface area contributed by atoms with Gasteiger partial charge < -0.3 is 15.8 Å². The maximum Gasteiger partial charge on any atom is 0.338 e. The van der Waals surface area contributed by atoms with Gasteiger partial charge in [-0.3, -0.25) is 4.79 Å². The highest BCUT2D eigenvalue weighted by atomic mass is 16.5. The van der Waals surface area contributed by atoms with Crippen molar-refractivity contribution >= 4 is 17.6 Å². The van der Waals surface area contributed by atoms with Crippen molar-refractivity contribution in [2.75, 3.05) is 19.4 Å². The molecule has 0 aliphatic heterocycles. The average molecular weight is 260 g/mol. The maximum absolute atomic E-state index is 11.6. The molecule has 0 atom stereocenters. The second-order valence-electron chi connectivity index (χ2n) is 3.94. The van der Waals surface area contributed by atoms with E-state index in [1.165, 1.54) is 14.0 Å². The van der Waals surface area contributed by atoms with E-state index in [1.807, 2.05) is 0 Å². The number of hydrogen-bond donors (Lipinski definition) is 2. The van der Waals surface area contributed by atoms with E-state index in [9.17, 15) is 9.59 Å². The second kappa shape index (κ2) is 6.45. The lowest BCUT2D eigenvalue weighted by Gasteiger charge is -2.07. The number of hydrogen-bond acceptors (Lipinski definition) is 4. The van der Waals surface area contributed by atoms with Crippen molar-refractivity contribution in [1.82, 2.24) is 5.32 Å². The van der Waals surface area contributed by atoms with Crippen LogP contribution in [0.15, 0.2) is 12.1 Å². The minimum atomic E-state index is -0.449. The first-order chi connectivity index (χ1) is 8.95. The Morgan fingerprint density at radius 1 is 1.42 bits per heavy atom.